The summed E-state index contributed by atoms with van der Waals surface area (Å²) in [5.74, 6) is -1.37. The Balaban J connectivity index is 1.69. The van der Waals surface area contributed by atoms with Gasteiger partial charge in [0.15, 0.2) is 0 Å². The van der Waals surface area contributed by atoms with E-state index in [2.05, 4.69) is 10.6 Å². The van der Waals surface area contributed by atoms with E-state index in [1.807, 2.05) is 6.07 Å². The largest absolute Gasteiger partial charge is 0.322 e. The van der Waals surface area contributed by atoms with Crippen molar-refractivity contribution in [2.24, 2.45) is 0 Å². The van der Waals surface area contributed by atoms with Crippen LogP contribution in [0.5, 0.6) is 0 Å². The Kier molecular flexibility index (Phi) is 5.24. The maximum Gasteiger partial charge on any atom is 0.255 e. The number of amides is 2. The summed E-state index contributed by atoms with van der Waals surface area (Å²) in [4.78, 5) is 24.5. The van der Waals surface area contributed by atoms with Crippen LogP contribution in [0.3, 0.4) is 0 Å². The number of carbonyl (C=O) groups is 2. The van der Waals surface area contributed by atoms with Crippen LogP contribution in [0, 0.1) is 17.1 Å². The lowest BCUT2D eigenvalue weighted by Crippen LogP contribution is -2.15. The summed E-state index contributed by atoms with van der Waals surface area (Å²) in [5.41, 5.74) is 1.66. The standard InChI is InChI=1S/C21H14FN3O2/c22-18-6-1-2-7-19(18)25-21(27)16-10-8-15(9-11-16)20(26)24-17-5-3-4-14(12-17)13-23/h1-12H,(H,24,26)(H,25,27). The van der Waals surface area contributed by atoms with Gasteiger partial charge in [-0.3, -0.25) is 9.59 Å². The number of anilines is 2. The van der Waals surface area contributed by atoms with Crippen molar-refractivity contribution in [3.05, 3.63) is 95.3 Å². The molecule has 0 aliphatic carbocycles. The first-order valence-electron chi connectivity index (χ1n) is 8.04. The first kappa shape index (κ1) is 17.8. The quantitative estimate of drug-likeness (QED) is 0.732. The van der Waals surface area contributed by atoms with Crippen molar-refractivity contribution in [2.75, 3.05) is 10.6 Å². The van der Waals surface area contributed by atoms with E-state index in [1.165, 1.54) is 42.5 Å². The summed E-state index contributed by atoms with van der Waals surface area (Å²) in [5, 5.41) is 14.1. The fourth-order valence-electron chi connectivity index (χ4n) is 2.40. The van der Waals surface area contributed by atoms with Crippen molar-refractivity contribution >= 4 is 23.2 Å². The number of benzene rings is 3. The number of nitrogens with zero attached hydrogens (tertiary/aromatic N) is 1. The molecule has 5 nitrogen and oxygen atoms in total. The van der Waals surface area contributed by atoms with Gasteiger partial charge in [0.2, 0.25) is 0 Å². The third kappa shape index (κ3) is 4.35. The van der Waals surface area contributed by atoms with Gasteiger partial charge in [-0.05, 0) is 54.6 Å². The Labute approximate surface area is 155 Å². The number of carbonyl (C=O) groups excluding carboxylic acids is 2. The summed E-state index contributed by atoms with van der Waals surface area (Å²) in [6, 6.07) is 20.4. The van der Waals surface area contributed by atoms with E-state index in [-0.39, 0.29) is 11.6 Å². The summed E-state index contributed by atoms with van der Waals surface area (Å²) in [6.07, 6.45) is 0. The zero-order chi connectivity index (χ0) is 19.2. The minimum absolute atomic E-state index is 0.0849. The van der Waals surface area contributed by atoms with Gasteiger partial charge < -0.3 is 10.6 Å². The van der Waals surface area contributed by atoms with Crippen LogP contribution in [0.2, 0.25) is 0 Å². The van der Waals surface area contributed by atoms with Gasteiger partial charge in [0.05, 0.1) is 17.3 Å². The van der Waals surface area contributed by atoms with Gasteiger partial charge in [0, 0.05) is 16.8 Å². The van der Waals surface area contributed by atoms with Gasteiger partial charge in [0.1, 0.15) is 5.82 Å². The molecule has 0 bridgehead atoms. The summed E-state index contributed by atoms with van der Waals surface area (Å²) < 4.78 is 13.6. The first-order chi connectivity index (χ1) is 13.1. The number of hydrogen-bond acceptors (Lipinski definition) is 3. The zero-order valence-corrected chi connectivity index (χ0v) is 14.1. The van der Waals surface area contributed by atoms with Gasteiger partial charge in [-0.1, -0.05) is 18.2 Å². The van der Waals surface area contributed by atoms with E-state index in [9.17, 15) is 14.0 Å². The van der Waals surface area contributed by atoms with E-state index >= 15 is 0 Å². The molecule has 0 spiro atoms. The second kappa shape index (κ2) is 7.93. The maximum absolute atomic E-state index is 13.6. The zero-order valence-electron chi connectivity index (χ0n) is 14.1. The van der Waals surface area contributed by atoms with Gasteiger partial charge in [-0.25, -0.2) is 4.39 Å². The van der Waals surface area contributed by atoms with Crippen molar-refractivity contribution in [1.29, 1.82) is 5.26 Å². The molecule has 0 aliphatic heterocycles. The molecule has 0 saturated carbocycles. The first-order valence-corrected chi connectivity index (χ1v) is 8.04. The third-order valence-electron chi connectivity index (χ3n) is 3.78. The number of para-hydroxylation sites is 1. The predicted octanol–water partition coefficient (Wildman–Crippen LogP) is 4.20. The molecular weight excluding hydrogens is 345 g/mol. The Morgan fingerprint density at radius 1 is 0.815 bits per heavy atom. The molecule has 0 unspecified atom stereocenters. The van der Waals surface area contributed by atoms with Crippen molar-refractivity contribution < 1.29 is 14.0 Å². The van der Waals surface area contributed by atoms with E-state index in [0.717, 1.165) is 0 Å². The molecule has 0 aromatic heterocycles. The molecule has 2 N–H and O–H groups in total. The molecule has 0 atom stereocenters. The SMILES string of the molecule is N#Cc1cccc(NC(=O)c2ccc(C(=O)Nc3ccccc3F)cc2)c1. The highest BCUT2D eigenvalue weighted by Gasteiger charge is 2.11. The molecule has 0 aliphatic rings. The molecule has 6 heteroatoms. The Morgan fingerprint density at radius 2 is 1.44 bits per heavy atom. The number of halogens is 1. The smallest absolute Gasteiger partial charge is 0.255 e. The number of hydrogen-bond donors (Lipinski definition) is 2. The van der Waals surface area contributed by atoms with Gasteiger partial charge in [0.25, 0.3) is 11.8 Å². The molecule has 3 rings (SSSR count). The fraction of sp³-hybridized carbons (Fsp3) is 0. The normalized spacial score (nSPS) is 9.93. The highest BCUT2D eigenvalue weighted by Crippen LogP contribution is 2.15. The van der Waals surface area contributed by atoms with Crippen molar-refractivity contribution in [1.82, 2.24) is 0 Å². The topological polar surface area (TPSA) is 82.0 Å². The lowest BCUT2D eigenvalue weighted by atomic mass is 10.1. The average molecular weight is 359 g/mol. The van der Waals surface area contributed by atoms with Crippen LogP contribution >= 0.6 is 0 Å². The highest BCUT2D eigenvalue weighted by atomic mass is 19.1. The van der Waals surface area contributed by atoms with Crippen molar-refractivity contribution in [3.8, 4) is 6.07 Å². The van der Waals surface area contributed by atoms with Crippen LogP contribution in [0.1, 0.15) is 26.3 Å². The summed E-state index contributed by atoms with van der Waals surface area (Å²) >= 11 is 0. The van der Waals surface area contributed by atoms with Crippen LogP contribution in [-0.2, 0) is 0 Å². The Morgan fingerprint density at radius 3 is 2.07 bits per heavy atom. The van der Waals surface area contributed by atoms with Gasteiger partial charge >= 0.3 is 0 Å². The molecule has 132 valence electrons. The van der Waals surface area contributed by atoms with Gasteiger partial charge in [-0.2, -0.15) is 5.26 Å². The molecule has 3 aromatic carbocycles. The summed E-state index contributed by atoms with van der Waals surface area (Å²) in [7, 11) is 0. The van der Waals surface area contributed by atoms with Crippen molar-refractivity contribution in [3.63, 3.8) is 0 Å². The minimum atomic E-state index is -0.526. The second-order valence-electron chi connectivity index (χ2n) is 5.66. The summed E-state index contributed by atoms with van der Waals surface area (Å²) in [6.45, 7) is 0. The van der Waals surface area contributed by atoms with Crippen LogP contribution in [0.4, 0.5) is 15.8 Å². The second-order valence-corrected chi connectivity index (χ2v) is 5.66. The Bertz CT molecular complexity index is 1040. The predicted molar refractivity (Wildman–Crippen MR) is 99.9 cm³/mol. The van der Waals surface area contributed by atoms with Gasteiger partial charge in [-0.15, -0.1) is 0 Å². The molecule has 3 aromatic rings. The number of nitriles is 1. The molecule has 27 heavy (non-hydrogen) atoms. The van der Waals surface area contributed by atoms with E-state index in [0.29, 0.717) is 22.4 Å². The monoisotopic (exact) mass is 359 g/mol. The van der Waals surface area contributed by atoms with Crippen LogP contribution < -0.4 is 10.6 Å². The molecule has 0 radical (unpaired) electrons. The molecule has 0 heterocycles. The highest BCUT2D eigenvalue weighted by molar-refractivity contribution is 6.07. The Hall–Kier alpha value is -3.98. The molecule has 0 saturated heterocycles. The van der Waals surface area contributed by atoms with Crippen LogP contribution in [0.25, 0.3) is 0 Å². The lowest BCUT2D eigenvalue weighted by Gasteiger charge is -2.08. The fourth-order valence-corrected chi connectivity index (χ4v) is 2.40. The van der Waals surface area contributed by atoms with E-state index in [1.54, 1.807) is 30.3 Å². The molecular formula is C21H14FN3O2. The number of rotatable bonds is 4. The molecule has 2 amide bonds. The van der Waals surface area contributed by atoms with Crippen molar-refractivity contribution in [2.45, 2.75) is 0 Å². The lowest BCUT2D eigenvalue weighted by molar-refractivity contribution is 0.101. The van der Waals surface area contributed by atoms with E-state index in [4.69, 9.17) is 5.26 Å². The van der Waals surface area contributed by atoms with Crippen LogP contribution in [0.15, 0.2) is 72.8 Å². The maximum atomic E-state index is 13.6. The minimum Gasteiger partial charge on any atom is -0.322 e. The molecule has 0 fully saturated rings. The third-order valence-corrected chi connectivity index (χ3v) is 3.78. The van der Waals surface area contributed by atoms with E-state index < -0.39 is 11.7 Å². The average Bonchev–Trinajstić information content (AvgIpc) is 2.70. The van der Waals surface area contributed by atoms with Crippen LogP contribution in [-0.4, -0.2) is 11.8 Å². The number of nitrogens with one attached hydrogen (secondary N) is 2.